The lowest BCUT2D eigenvalue weighted by Crippen LogP contribution is -2.45. The first kappa shape index (κ1) is 10.3. The van der Waals surface area contributed by atoms with Gasteiger partial charge in [-0.05, 0) is 49.9 Å². The molecule has 1 aliphatic heterocycles. The Morgan fingerprint density at radius 3 is 2.44 bits per heavy atom. The van der Waals surface area contributed by atoms with Crippen LogP contribution in [0.2, 0.25) is 0 Å². The molecule has 2 fully saturated rings. The predicted molar refractivity (Wildman–Crippen MR) is 67.4 cm³/mol. The van der Waals surface area contributed by atoms with Gasteiger partial charge >= 0.3 is 0 Å². The number of anilines is 1. The summed E-state index contributed by atoms with van der Waals surface area (Å²) in [5.41, 5.74) is 1.24. The fourth-order valence-corrected chi connectivity index (χ4v) is 2.95. The molecular weight excluding hydrogens is 266 g/mol. The number of nitrogens with zero attached hydrogens (tertiary/aromatic N) is 1. The van der Waals surface area contributed by atoms with E-state index < -0.39 is 0 Å². The molecule has 0 radical (unpaired) electrons. The zero-order valence-corrected chi connectivity index (χ0v) is 10.7. The number of carbonyl (C=O) groups excluding carboxylic acids is 1. The highest BCUT2D eigenvalue weighted by Gasteiger charge is 2.52. The number of hydrogen-bond acceptors (Lipinski definition) is 1. The molecule has 3 rings (SSSR count). The van der Waals surface area contributed by atoms with Gasteiger partial charge in [-0.25, -0.2) is 0 Å². The molecule has 0 bridgehead atoms. The van der Waals surface area contributed by atoms with Crippen molar-refractivity contribution in [1.29, 1.82) is 0 Å². The van der Waals surface area contributed by atoms with E-state index in [0.717, 1.165) is 16.6 Å². The quantitative estimate of drug-likeness (QED) is 0.771. The monoisotopic (exact) mass is 279 g/mol. The molecular formula is C13H14BrNO. The Balaban J connectivity index is 1.97. The SMILES string of the molecule is O=C1CCCC2(CC2)N1c1ccc(Br)cc1. The van der Waals surface area contributed by atoms with Crippen LogP contribution in [-0.2, 0) is 4.79 Å². The van der Waals surface area contributed by atoms with E-state index >= 15 is 0 Å². The van der Waals surface area contributed by atoms with Crippen molar-refractivity contribution in [2.75, 3.05) is 4.90 Å². The maximum atomic E-state index is 12.0. The average molecular weight is 280 g/mol. The van der Waals surface area contributed by atoms with E-state index in [1.807, 2.05) is 29.2 Å². The van der Waals surface area contributed by atoms with Gasteiger partial charge in [0.15, 0.2) is 0 Å². The molecule has 1 saturated carbocycles. The van der Waals surface area contributed by atoms with Gasteiger partial charge in [0, 0.05) is 22.1 Å². The molecule has 0 atom stereocenters. The summed E-state index contributed by atoms with van der Waals surface area (Å²) in [6, 6.07) is 8.08. The van der Waals surface area contributed by atoms with Gasteiger partial charge < -0.3 is 4.90 Å². The maximum absolute atomic E-state index is 12.0. The summed E-state index contributed by atoms with van der Waals surface area (Å²) < 4.78 is 1.06. The molecule has 0 aromatic heterocycles. The van der Waals surface area contributed by atoms with Crippen molar-refractivity contribution < 1.29 is 4.79 Å². The smallest absolute Gasteiger partial charge is 0.227 e. The Bertz CT molecular complexity index is 422. The molecule has 3 heteroatoms. The minimum atomic E-state index is 0.184. The zero-order valence-electron chi connectivity index (χ0n) is 9.08. The first-order valence-electron chi connectivity index (χ1n) is 5.80. The van der Waals surface area contributed by atoms with Crippen LogP contribution in [0.25, 0.3) is 0 Å². The molecule has 1 aliphatic carbocycles. The van der Waals surface area contributed by atoms with Crippen molar-refractivity contribution in [3.05, 3.63) is 28.7 Å². The Labute approximate surface area is 104 Å². The molecule has 1 spiro atoms. The maximum Gasteiger partial charge on any atom is 0.227 e. The molecule has 1 saturated heterocycles. The highest BCUT2D eigenvalue weighted by Crippen LogP contribution is 2.50. The van der Waals surface area contributed by atoms with Crippen LogP contribution < -0.4 is 4.90 Å². The number of halogens is 1. The Morgan fingerprint density at radius 2 is 1.81 bits per heavy atom. The molecule has 1 aromatic carbocycles. The van der Waals surface area contributed by atoms with Crippen molar-refractivity contribution in [2.24, 2.45) is 0 Å². The lowest BCUT2D eigenvalue weighted by atomic mass is 9.98. The molecule has 84 valence electrons. The van der Waals surface area contributed by atoms with E-state index in [2.05, 4.69) is 15.9 Å². The van der Waals surface area contributed by atoms with Gasteiger partial charge in [-0.1, -0.05) is 15.9 Å². The van der Waals surface area contributed by atoms with Crippen molar-refractivity contribution in [1.82, 2.24) is 0 Å². The van der Waals surface area contributed by atoms with E-state index in [0.29, 0.717) is 12.3 Å². The highest BCUT2D eigenvalue weighted by atomic mass is 79.9. The second kappa shape index (κ2) is 3.59. The molecule has 1 aromatic rings. The third-order valence-electron chi connectivity index (χ3n) is 3.67. The largest absolute Gasteiger partial charge is 0.306 e. The number of benzene rings is 1. The Hall–Kier alpha value is -0.830. The van der Waals surface area contributed by atoms with Crippen LogP contribution in [0.5, 0.6) is 0 Å². The summed E-state index contributed by atoms with van der Waals surface area (Å²) in [7, 11) is 0. The first-order valence-corrected chi connectivity index (χ1v) is 6.59. The summed E-state index contributed by atoms with van der Waals surface area (Å²) in [6.07, 6.45) is 5.29. The van der Waals surface area contributed by atoms with E-state index in [1.165, 1.54) is 19.3 Å². The van der Waals surface area contributed by atoms with Gasteiger partial charge in [-0.15, -0.1) is 0 Å². The third kappa shape index (κ3) is 1.58. The number of rotatable bonds is 1. The summed E-state index contributed by atoms with van der Waals surface area (Å²) >= 11 is 3.43. The van der Waals surface area contributed by atoms with Gasteiger partial charge in [0.05, 0.1) is 0 Å². The number of carbonyl (C=O) groups is 1. The van der Waals surface area contributed by atoms with Gasteiger partial charge in [0.25, 0.3) is 0 Å². The number of piperidine rings is 1. The van der Waals surface area contributed by atoms with Crippen LogP contribution in [0.1, 0.15) is 32.1 Å². The minimum absolute atomic E-state index is 0.184. The Kier molecular flexibility index (Phi) is 2.32. The topological polar surface area (TPSA) is 20.3 Å². The third-order valence-corrected chi connectivity index (χ3v) is 4.20. The standard InChI is InChI=1S/C13H14BrNO/c14-10-3-5-11(6-4-10)15-12(16)2-1-7-13(15)8-9-13/h3-6H,1-2,7-9H2. The van der Waals surface area contributed by atoms with E-state index in [1.54, 1.807) is 0 Å². The van der Waals surface area contributed by atoms with E-state index in [9.17, 15) is 4.79 Å². The highest BCUT2D eigenvalue weighted by molar-refractivity contribution is 9.10. The van der Waals surface area contributed by atoms with Gasteiger partial charge in [0.2, 0.25) is 5.91 Å². The summed E-state index contributed by atoms with van der Waals surface area (Å²) in [5, 5.41) is 0. The van der Waals surface area contributed by atoms with E-state index in [-0.39, 0.29) is 5.54 Å². The average Bonchev–Trinajstić information content (AvgIpc) is 3.01. The Morgan fingerprint density at radius 1 is 1.12 bits per heavy atom. The summed E-state index contributed by atoms with van der Waals surface area (Å²) in [5.74, 6) is 0.297. The van der Waals surface area contributed by atoms with Gasteiger partial charge in [0.1, 0.15) is 0 Å². The molecule has 2 nitrogen and oxygen atoms in total. The number of amides is 1. The fraction of sp³-hybridized carbons (Fsp3) is 0.462. The zero-order chi connectivity index (χ0) is 11.2. The van der Waals surface area contributed by atoms with Crippen molar-refractivity contribution in [2.45, 2.75) is 37.6 Å². The van der Waals surface area contributed by atoms with Crippen molar-refractivity contribution in [3.63, 3.8) is 0 Å². The summed E-state index contributed by atoms with van der Waals surface area (Å²) in [6.45, 7) is 0. The molecule has 1 heterocycles. The second-order valence-electron chi connectivity index (χ2n) is 4.78. The molecule has 1 amide bonds. The first-order chi connectivity index (χ1) is 7.71. The van der Waals surface area contributed by atoms with Crippen LogP contribution in [0, 0.1) is 0 Å². The van der Waals surface area contributed by atoms with Crippen LogP contribution in [0.3, 0.4) is 0 Å². The van der Waals surface area contributed by atoms with Gasteiger partial charge in [-0.3, -0.25) is 4.79 Å². The van der Waals surface area contributed by atoms with Gasteiger partial charge in [-0.2, -0.15) is 0 Å². The molecule has 16 heavy (non-hydrogen) atoms. The van der Waals surface area contributed by atoms with E-state index in [4.69, 9.17) is 0 Å². The predicted octanol–water partition coefficient (Wildman–Crippen LogP) is 3.50. The molecule has 2 aliphatic rings. The van der Waals surface area contributed by atoms with Crippen molar-refractivity contribution in [3.8, 4) is 0 Å². The van der Waals surface area contributed by atoms with Crippen molar-refractivity contribution >= 4 is 27.5 Å². The van der Waals surface area contributed by atoms with Crippen LogP contribution in [-0.4, -0.2) is 11.4 Å². The fourth-order valence-electron chi connectivity index (χ4n) is 2.68. The molecule has 0 N–H and O–H groups in total. The lowest BCUT2D eigenvalue weighted by Gasteiger charge is -2.36. The van der Waals surface area contributed by atoms with Crippen LogP contribution in [0.4, 0.5) is 5.69 Å². The summed E-state index contributed by atoms with van der Waals surface area (Å²) in [4.78, 5) is 14.1. The normalized spacial score (nSPS) is 22.6. The van der Waals surface area contributed by atoms with Crippen LogP contribution in [0.15, 0.2) is 28.7 Å². The lowest BCUT2D eigenvalue weighted by molar-refractivity contribution is -0.120. The minimum Gasteiger partial charge on any atom is -0.306 e. The number of hydrogen-bond donors (Lipinski definition) is 0. The second-order valence-corrected chi connectivity index (χ2v) is 5.70. The molecule has 0 unspecified atom stereocenters. The van der Waals surface area contributed by atoms with Crippen LogP contribution >= 0.6 is 15.9 Å².